The summed E-state index contributed by atoms with van der Waals surface area (Å²) in [6, 6.07) is 0. The molecule has 0 rings (SSSR count). The summed E-state index contributed by atoms with van der Waals surface area (Å²) in [6.07, 6.45) is 0. The van der Waals surface area contributed by atoms with Crippen LogP contribution in [0.1, 0.15) is 0 Å². The molecular weight excluding hydrogens is 320 g/mol. The highest BCUT2D eigenvalue weighted by Crippen LogP contribution is 1.95. The van der Waals surface area contributed by atoms with E-state index in [1.807, 2.05) is 0 Å². The third kappa shape index (κ3) is 12.0. The Morgan fingerprint density at radius 2 is 1.04 bits per heavy atom. The smallest absolute Gasteiger partial charge is 0.338 e. The van der Waals surface area contributed by atoms with E-state index >= 15 is 0 Å². The minimum Gasteiger partial charge on any atom is -0.480 e. The summed E-state index contributed by atoms with van der Waals surface area (Å²) in [6.45, 7) is -1.82. The number of carboxylic acid groups (broad SMARTS) is 2. The highest BCUT2D eigenvalue weighted by Gasteiger charge is 2.19. The predicted octanol–water partition coefficient (Wildman–Crippen LogP) is -4.23. The molecule has 0 aromatic rings. The van der Waals surface area contributed by atoms with Gasteiger partial charge in [-0.05, 0) is 0 Å². The molecule has 0 fully saturated rings. The first-order valence-corrected chi connectivity index (χ1v) is 5.95. The molecular formula is C10H20N4O9. The summed E-state index contributed by atoms with van der Waals surface area (Å²) in [5.74, 6) is 5.24. The van der Waals surface area contributed by atoms with Crippen molar-refractivity contribution in [1.82, 2.24) is 9.80 Å². The fourth-order valence-corrected chi connectivity index (χ4v) is 1.53. The number of hydrogen-bond acceptors (Lipinski definition) is 10. The van der Waals surface area contributed by atoms with Crippen LogP contribution in [0.3, 0.4) is 0 Å². The fourth-order valence-electron chi connectivity index (χ4n) is 1.53. The summed E-state index contributed by atoms with van der Waals surface area (Å²) >= 11 is 0. The van der Waals surface area contributed by atoms with Gasteiger partial charge in [-0.15, -0.1) is 0 Å². The van der Waals surface area contributed by atoms with Crippen LogP contribution in [0, 0.1) is 0 Å². The van der Waals surface area contributed by atoms with Crippen molar-refractivity contribution in [3.05, 3.63) is 0 Å². The predicted molar refractivity (Wildman–Crippen MR) is 72.3 cm³/mol. The Balaban J connectivity index is 0. The number of hydrogen-bond donors (Lipinski definition) is 4. The molecule has 0 aliphatic heterocycles. The second kappa shape index (κ2) is 12.2. The van der Waals surface area contributed by atoms with Crippen LogP contribution < -0.4 is 11.8 Å². The minimum atomic E-state index is -1.20. The van der Waals surface area contributed by atoms with E-state index in [-0.39, 0.29) is 18.6 Å². The van der Waals surface area contributed by atoms with E-state index in [1.54, 1.807) is 0 Å². The molecule has 13 heteroatoms. The standard InChI is InChI=1S/C10H18N4O8.H2O/c11-21-9(19)5-13(3-7(15)16)1-2-14(4-8(17)18)6-10(20)22-12;/h1-6,11-12H2,(H,15,16)(H,17,18);1H2. The van der Waals surface area contributed by atoms with Crippen LogP contribution in [0.15, 0.2) is 0 Å². The molecule has 0 aromatic heterocycles. The van der Waals surface area contributed by atoms with Gasteiger partial charge in [0.2, 0.25) is 0 Å². The average molecular weight is 340 g/mol. The van der Waals surface area contributed by atoms with Gasteiger partial charge in [0.1, 0.15) is 0 Å². The van der Waals surface area contributed by atoms with Crippen LogP contribution in [0.5, 0.6) is 0 Å². The summed E-state index contributed by atoms with van der Waals surface area (Å²) in [5, 5.41) is 17.5. The number of aliphatic carboxylic acids is 2. The number of nitrogens with zero attached hydrogens (tertiary/aromatic N) is 2. The van der Waals surface area contributed by atoms with Crippen molar-refractivity contribution in [2.75, 3.05) is 39.3 Å². The lowest BCUT2D eigenvalue weighted by molar-refractivity contribution is -0.150. The van der Waals surface area contributed by atoms with E-state index in [9.17, 15) is 19.2 Å². The van der Waals surface area contributed by atoms with Crippen molar-refractivity contribution in [2.24, 2.45) is 11.8 Å². The van der Waals surface area contributed by atoms with Gasteiger partial charge >= 0.3 is 23.9 Å². The summed E-state index contributed by atoms with van der Waals surface area (Å²) in [7, 11) is 0. The Morgan fingerprint density at radius 3 is 1.26 bits per heavy atom. The molecule has 13 nitrogen and oxygen atoms in total. The molecule has 0 aliphatic carbocycles. The van der Waals surface area contributed by atoms with Crippen molar-refractivity contribution in [2.45, 2.75) is 0 Å². The molecule has 0 aromatic carbocycles. The Morgan fingerprint density at radius 1 is 0.739 bits per heavy atom. The normalized spacial score (nSPS) is 10.1. The maximum absolute atomic E-state index is 11.1. The Hall–Kier alpha value is -2.32. The maximum Gasteiger partial charge on any atom is 0.338 e. The first-order chi connectivity index (χ1) is 10.3. The maximum atomic E-state index is 11.1. The van der Waals surface area contributed by atoms with E-state index in [0.29, 0.717) is 0 Å². The first-order valence-electron chi connectivity index (χ1n) is 5.95. The molecule has 0 saturated heterocycles. The van der Waals surface area contributed by atoms with Gasteiger partial charge in [0.05, 0.1) is 26.2 Å². The van der Waals surface area contributed by atoms with Crippen LogP contribution >= 0.6 is 0 Å². The molecule has 0 amide bonds. The lowest BCUT2D eigenvalue weighted by Crippen LogP contribution is -2.44. The van der Waals surface area contributed by atoms with Gasteiger partial charge in [0.25, 0.3) is 0 Å². The second-order valence-electron chi connectivity index (χ2n) is 4.19. The molecule has 0 heterocycles. The largest absolute Gasteiger partial charge is 0.480 e. The van der Waals surface area contributed by atoms with Crippen molar-refractivity contribution in [3.63, 3.8) is 0 Å². The molecule has 0 atom stereocenters. The molecule has 0 unspecified atom stereocenters. The number of nitrogens with two attached hydrogens (primary N) is 2. The third-order valence-corrected chi connectivity index (χ3v) is 2.42. The van der Waals surface area contributed by atoms with Gasteiger partial charge in [-0.2, -0.15) is 11.8 Å². The Labute approximate surface area is 130 Å². The van der Waals surface area contributed by atoms with Gasteiger partial charge in [0, 0.05) is 13.1 Å². The highest BCUT2D eigenvalue weighted by molar-refractivity contribution is 5.74. The van der Waals surface area contributed by atoms with E-state index < -0.39 is 50.1 Å². The van der Waals surface area contributed by atoms with Crippen LogP contribution in [0.25, 0.3) is 0 Å². The van der Waals surface area contributed by atoms with Crippen LogP contribution in [0.2, 0.25) is 0 Å². The van der Waals surface area contributed by atoms with Gasteiger partial charge in [-0.25, -0.2) is 9.59 Å². The van der Waals surface area contributed by atoms with Gasteiger partial charge in [-0.1, -0.05) is 0 Å². The van der Waals surface area contributed by atoms with Gasteiger partial charge in [0.15, 0.2) is 0 Å². The molecule has 0 radical (unpaired) electrons. The monoisotopic (exact) mass is 340 g/mol. The SMILES string of the molecule is NOC(=O)CN(CCN(CC(=O)O)CC(=O)ON)CC(=O)O.O. The quantitative estimate of drug-likeness (QED) is 0.263. The van der Waals surface area contributed by atoms with E-state index in [2.05, 4.69) is 21.5 Å². The number of carboxylic acids is 2. The molecule has 8 N–H and O–H groups in total. The van der Waals surface area contributed by atoms with Gasteiger partial charge in [-0.3, -0.25) is 19.4 Å². The summed E-state index contributed by atoms with van der Waals surface area (Å²) in [4.78, 5) is 53.8. The zero-order valence-corrected chi connectivity index (χ0v) is 12.1. The number of carbonyl (C=O) groups is 4. The molecule has 0 saturated carbocycles. The van der Waals surface area contributed by atoms with Gasteiger partial charge < -0.3 is 25.4 Å². The summed E-state index contributed by atoms with van der Waals surface area (Å²) in [5.41, 5.74) is 0. The van der Waals surface area contributed by atoms with Crippen molar-refractivity contribution >= 4 is 23.9 Å². The topological polar surface area (TPSA) is 217 Å². The van der Waals surface area contributed by atoms with E-state index in [1.165, 1.54) is 9.80 Å². The van der Waals surface area contributed by atoms with Crippen molar-refractivity contribution in [1.29, 1.82) is 0 Å². The van der Waals surface area contributed by atoms with Crippen LogP contribution in [-0.2, 0) is 28.9 Å². The van der Waals surface area contributed by atoms with E-state index in [4.69, 9.17) is 10.2 Å². The molecule has 0 spiro atoms. The molecule has 134 valence electrons. The van der Waals surface area contributed by atoms with Crippen LogP contribution in [0.4, 0.5) is 0 Å². The van der Waals surface area contributed by atoms with Crippen LogP contribution in [-0.4, -0.2) is 88.6 Å². The second-order valence-corrected chi connectivity index (χ2v) is 4.19. The summed E-state index contributed by atoms with van der Waals surface area (Å²) < 4.78 is 0. The minimum absolute atomic E-state index is 0. The third-order valence-electron chi connectivity index (χ3n) is 2.42. The number of rotatable bonds is 11. The zero-order valence-electron chi connectivity index (χ0n) is 12.1. The average Bonchev–Trinajstić information content (AvgIpc) is 2.42. The molecule has 23 heavy (non-hydrogen) atoms. The Kier molecular flexibility index (Phi) is 12.2. The highest BCUT2D eigenvalue weighted by atomic mass is 16.7. The van der Waals surface area contributed by atoms with E-state index in [0.717, 1.165) is 0 Å². The zero-order chi connectivity index (χ0) is 17.1. The lowest BCUT2D eigenvalue weighted by atomic mass is 10.4. The molecule has 0 aliphatic rings. The Bertz CT molecular complexity index is 379. The first kappa shape index (κ1) is 23.0. The van der Waals surface area contributed by atoms with Crippen molar-refractivity contribution < 1.29 is 44.5 Å². The lowest BCUT2D eigenvalue weighted by Gasteiger charge is -2.24. The fraction of sp³-hybridized carbons (Fsp3) is 0.600. The van der Waals surface area contributed by atoms with Crippen molar-refractivity contribution in [3.8, 4) is 0 Å². The molecule has 0 bridgehead atoms. The number of carbonyl (C=O) groups excluding carboxylic acids is 2.